The van der Waals surface area contributed by atoms with Crippen LogP contribution in [0.5, 0.6) is 11.5 Å². The van der Waals surface area contributed by atoms with Crippen LogP contribution in [-0.2, 0) is 0 Å². The predicted octanol–water partition coefficient (Wildman–Crippen LogP) is -2.15. The summed E-state index contributed by atoms with van der Waals surface area (Å²) in [5.74, 6) is 1.51. The third-order valence-electron chi connectivity index (χ3n) is 3.82. The Bertz CT molecular complexity index is 406. The highest BCUT2D eigenvalue weighted by Crippen LogP contribution is 2.18. The molecule has 0 amide bonds. The molecule has 1 aromatic rings. The maximum atomic E-state index is 10.1. The van der Waals surface area contributed by atoms with Gasteiger partial charge < -0.3 is 24.4 Å². The average molecular weight is 282 g/mol. The second-order valence-corrected chi connectivity index (χ2v) is 5.56. The van der Waals surface area contributed by atoms with Gasteiger partial charge in [-0.15, -0.1) is 0 Å². The third kappa shape index (κ3) is 4.67. The van der Waals surface area contributed by atoms with Crippen LogP contribution in [-0.4, -0.2) is 64.7 Å². The number of hydrogen-bond acceptors (Lipinski definition) is 3. The van der Waals surface area contributed by atoms with Crippen molar-refractivity contribution in [3.63, 3.8) is 0 Å². The smallest absolute Gasteiger partial charge is 0.137 e. The number of likely N-dealkylation sites (N-methyl/N-ethyl adjacent to an activating group) is 1. The molecule has 1 aliphatic rings. The van der Waals surface area contributed by atoms with Crippen molar-refractivity contribution in [1.29, 1.82) is 0 Å². The van der Waals surface area contributed by atoms with Crippen LogP contribution < -0.4 is 19.3 Å². The van der Waals surface area contributed by atoms with Gasteiger partial charge in [-0.1, -0.05) is 6.07 Å². The second kappa shape index (κ2) is 7.47. The highest BCUT2D eigenvalue weighted by Gasteiger charge is 2.22. The maximum absolute atomic E-state index is 10.1. The minimum Gasteiger partial charge on any atom is -0.497 e. The number of nitrogens with one attached hydrogen (secondary N) is 2. The number of rotatable bonds is 6. The third-order valence-corrected chi connectivity index (χ3v) is 3.82. The van der Waals surface area contributed by atoms with Crippen LogP contribution in [0.2, 0.25) is 0 Å². The molecule has 0 radical (unpaired) electrons. The highest BCUT2D eigenvalue weighted by atomic mass is 16.5. The molecule has 1 aromatic carbocycles. The lowest BCUT2D eigenvalue weighted by Crippen LogP contribution is -3.27. The van der Waals surface area contributed by atoms with Crippen molar-refractivity contribution in [2.24, 2.45) is 0 Å². The first-order valence-electron chi connectivity index (χ1n) is 7.27. The van der Waals surface area contributed by atoms with E-state index in [-0.39, 0.29) is 0 Å². The Morgan fingerprint density at radius 3 is 2.60 bits per heavy atom. The van der Waals surface area contributed by atoms with Crippen molar-refractivity contribution < 1.29 is 24.4 Å². The zero-order chi connectivity index (χ0) is 14.4. The Balaban J connectivity index is 1.73. The van der Waals surface area contributed by atoms with Crippen LogP contribution in [0.25, 0.3) is 0 Å². The molecule has 1 heterocycles. The van der Waals surface area contributed by atoms with Crippen LogP contribution in [0.1, 0.15) is 0 Å². The van der Waals surface area contributed by atoms with Crippen LogP contribution in [0.3, 0.4) is 0 Å². The summed E-state index contributed by atoms with van der Waals surface area (Å²) >= 11 is 0. The van der Waals surface area contributed by atoms with Gasteiger partial charge in [0, 0.05) is 6.07 Å². The molecule has 0 saturated carbocycles. The molecule has 0 spiro atoms. The lowest BCUT2D eigenvalue weighted by atomic mass is 10.2. The molecule has 3 N–H and O–H groups in total. The Hall–Kier alpha value is -1.30. The molecule has 112 valence electrons. The van der Waals surface area contributed by atoms with Gasteiger partial charge in [0.15, 0.2) is 0 Å². The summed E-state index contributed by atoms with van der Waals surface area (Å²) in [6, 6.07) is 7.47. The molecule has 0 aromatic heterocycles. The summed E-state index contributed by atoms with van der Waals surface area (Å²) < 4.78 is 10.8. The quantitative estimate of drug-likeness (QED) is 0.557. The normalized spacial score (nSPS) is 24.1. The van der Waals surface area contributed by atoms with E-state index in [2.05, 4.69) is 7.05 Å². The first kappa shape index (κ1) is 15.1. The standard InChI is InChI=1S/C15H24N2O3/c1-16-6-8-17(9-7-16)11-13(18)12-20-15-5-3-4-14(10-15)19-2/h3-5,10,13,18H,6-9,11-12H2,1-2H3/p+2/t13-/m0/s1. The van der Waals surface area contributed by atoms with Crippen LogP contribution in [0, 0.1) is 0 Å². The van der Waals surface area contributed by atoms with Gasteiger partial charge in [0.2, 0.25) is 0 Å². The van der Waals surface area contributed by atoms with Crippen molar-refractivity contribution in [1.82, 2.24) is 0 Å². The fourth-order valence-electron chi connectivity index (χ4n) is 2.51. The summed E-state index contributed by atoms with van der Waals surface area (Å²) in [5, 5.41) is 10.1. The topological polar surface area (TPSA) is 47.6 Å². The molecule has 5 heteroatoms. The van der Waals surface area contributed by atoms with E-state index < -0.39 is 6.10 Å². The van der Waals surface area contributed by atoms with E-state index in [1.165, 1.54) is 18.0 Å². The minimum atomic E-state index is -0.422. The number of methoxy groups -OCH3 is 1. The van der Waals surface area contributed by atoms with Gasteiger partial charge in [-0.3, -0.25) is 0 Å². The first-order valence-corrected chi connectivity index (χ1v) is 7.27. The van der Waals surface area contributed by atoms with E-state index >= 15 is 0 Å². The van der Waals surface area contributed by atoms with Crippen LogP contribution in [0.15, 0.2) is 24.3 Å². The van der Waals surface area contributed by atoms with Gasteiger partial charge in [-0.2, -0.15) is 0 Å². The molecule has 5 nitrogen and oxygen atoms in total. The number of aliphatic hydroxyl groups is 1. The summed E-state index contributed by atoms with van der Waals surface area (Å²) in [6.45, 7) is 5.71. The molecular weight excluding hydrogens is 256 g/mol. The number of hydrogen-bond donors (Lipinski definition) is 3. The molecule has 0 aliphatic carbocycles. The first-order chi connectivity index (χ1) is 9.67. The predicted molar refractivity (Wildman–Crippen MR) is 76.7 cm³/mol. The average Bonchev–Trinajstić information content (AvgIpc) is 2.48. The van der Waals surface area contributed by atoms with E-state index in [1.807, 2.05) is 24.3 Å². The molecule has 1 atom stereocenters. The molecule has 2 rings (SSSR count). The zero-order valence-corrected chi connectivity index (χ0v) is 12.4. The molecule has 1 saturated heterocycles. The number of ether oxygens (including phenoxy) is 2. The molecular formula is C15H26N2O3+2. The number of quaternary nitrogens is 2. The maximum Gasteiger partial charge on any atom is 0.137 e. The van der Waals surface area contributed by atoms with Gasteiger partial charge in [0.05, 0.1) is 14.2 Å². The summed E-state index contributed by atoms with van der Waals surface area (Å²) in [7, 11) is 3.85. The van der Waals surface area contributed by atoms with Gasteiger partial charge in [-0.05, 0) is 12.1 Å². The van der Waals surface area contributed by atoms with Crippen molar-refractivity contribution in [3.05, 3.63) is 24.3 Å². The van der Waals surface area contributed by atoms with Crippen LogP contribution >= 0.6 is 0 Å². The number of piperazine rings is 1. The molecule has 20 heavy (non-hydrogen) atoms. The van der Waals surface area contributed by atoms with Gasteiger partial charge >= 0.3 is 0 Å². The Kier molecular flexibility index (Phi) is 5.64. The lowest BCUT2D eigenvalue weighted by Gasteiger charge is -2.28. The van der Waals surface area contributed by atoms with Crippen molar-refractivity contribution >= 4 is 0 Å². The second-order valence-electron chi connectivity index (χ2n) is 5.56. The van der Waals surface area contributed by atoms with E-state index in [1.54, 1.807) is 12.0 Å². The van der Waals surface area contributed by atoms with Gasteiger partial charge in [0.25, 0.3) is 0 Å². The lowest BCUT2D eigenvalue weighted by molar-refractivity contribution is -1.00. The van der Waals surface area contributed by atoms with E-state index in [4.69, 9.17) is 9.47 Å². The molecule has 0 unspecified atom stereocenters. The van der Waals surface area contributed by atoms with Gasteiger partial charge in [-0.25, -0.2) is 0 Å². The van der Waals surface area contributed by atoms with E-state index in [9.17, 15) is 5.11 Å². The number of aliphatic hydroxyl groups excluding tert-OH is 1. The monoisotopic (exact) mass is 282 g/mol. The fourth-order valence-corrected chi connectivity index (χ4v) is 2.51. The largest absolute Gasteiger partial charge is 0.497 e. The Morgan fingerprint density at radius 2 is 1.90 bits per heavy atom. The number of benzene rings is 1. The summed E-state index contributed by atoms with van der Waals surface area (Å²) in [6.07, 6.45) is -0.422. The molecule has 1 fully saturated rings. The molecule has 0 bridgehead atoms. The van der Waals surface area contributed by atoms with Crippen molar-refractivity contribution in [2.75, 3.05) is 53.5 Å². The summed E-state index contributed by atoms with van der Waals surface area (Å²) in [5.41, 5.74) is 0. The van der Waals surface area contributed by atoms with Gasteiger partial charge in [0.1, 0.15) is 56.9 Å². The molecule has 1 aliphatic heterocycles. The Morgan fingerprint density at radius 1 is 1.20 bits per heavy atom. The summed E-state index contributed by atoms with van der Waals surface area (Å²) in [4.78, 5) is 3.05. The Labute approximate surface area is 120 Å². The zero-order valence-electron chi connectivity index (χ0n) is 12.4. The fraction of sp³-hybridized carbons (Fsp3) is 0.600. The minimum absolute atomic E-state index is 0.333. The SMILES string of the molecule is COc1cccc(OC[C@@H](O)C[NH+]2CC[NH+](C)CC2)c1. The van der Waals surface area contributed by atoms with E-state index in [0.29, 0.717) is 6.61 Å². The highest BCUT2D eigenvalue weighted by molar-refractivity contribution is 5.32. The van der Waals surface area contributed by atoms with E-state index in [0.717, 1.165) is 31.1 Å². The van der Waals surface area contributed by atoms with Crippen molar-refractivity contribution in [3.8, 4) is 11.5 Å². The van der Waals surface area contributed by atoms with Crippen LogP contribution in [0.4, 0.5) is 0 Å². The van der Waals surface area contributed by atoms with Crippen molar-refractivity contribution in [2.45, 2.75) is 6.10 Å².